The lowest BCUT2D eigenvalue weighted by atomic mass is 9.92. The van der Waals surface area contributed by atoms with E-state index in [1.807, 2.05) is 25.2 Å². The fraction of sp³-hybridized carbons (Fsp3) is 0.483. The number of hydrogen-bond donors (Lipinski definition) is 0. The lowest BCUT2D eigenvalue weighted by Crippen LogP contribution is -2.40. The first kappa shape index (κ1) is 28.8. The van der Waals surface area contributed by atoms with Gasteiger partial charge in [-0.1, -0.05) is 38.6 Å². The van der Waals surface area contributed by atoms with Crippen molar-refractivity contribution >= 4 is 23.5 Å². The van der Waals surface area contributed by atoms with Gasteiger partial charge in [-0.25, -0.2) is 9.97 Å². The maximum Gasteiger partial charge on any atom is 0.289 e. The zero-order valence-corrected chi connectivity index (χ0v) is 24.5. The zero-order valence-electron chi connectivity index (χ0n) is 23.7. The summed E-state index contributed by atoms with van der Waals surface area (Å²) in [6, 6.07) is 11.6. The molecule has 1 aliphatic heterocycles. The number of likely N-dealkylation sites (N-methyl/N-ethyl adjacent to an activating group) is 1. The summed E-state index contributed by atoms with van der Waals surface area (Å²) in [6.07, 6.45) is 0.820. The number of furan rings is 1. The number of carbonyl (C=O) groups excluding carboxylic acids is 1. The molecule has 1 fully saturated rings. The van der Waals surface area contributed by atoms with Crippen LogP contribution in [0.25, 0.3) is 0 Å². The molecule has 9 nitrogen and oxygen atoms in total. The van der Waals surface area contributed by atoms with E-state index >= 15 is 0 Å². The molecular formula is C29H38N4O5S. The van der Waals surface area contributed by atoms with Crippen LogP contribution in [0.15, 0.2) is 46.0 Å². The largest absolute Gasteiger partial charge is 0.493 e. The van der Waals surface area contributed by atoms with Crippen molar-refractivity contribution in [3.05, 3.63) is 59.2 Å². The van der Waals surface area contributed by atoms with Crippen LogP contribution in [0.1, 0.15) is 48.3 Å². The minimum atomic E-state index is -0.139. The van der Waals surface area contributed by atoms with E-state index in [9.17, 15) is 4.79 Å². The summed E-state index contributed by atoms with van der Waals surface area (Å²) in [4.78, 5) is 26.3. The Morgan fingerprint density at radius 1 is 1.05 bits per heavy atom. The van der Waals surface area contributed by atoms with E-state index < -0.39 is 0 Å². The van der Waals surface area contributed by atoms with Crippen LogP contribution in [0, 0.1) is 0 Å². The molecule has 3 heterocycles. The van der Waals surface area contributed by atoms with Crippen molar-refractivity contribution in [1.82, 2.24) is 14.9 Å². The fourth-order valence-corrected chi connectivity index (χ4v) is 4.88. The van der Waals surface area contributed by atoms with E-state index in [1.165, 1.54) is 11.8 Å². The summed E-state index contributed by atoms with van der Waals surface area (Å²) in [5.41, 5.74) is 1.98. The van der Waals surface area contributed by atoms with Gasteiger partial charge in [-0.3, -0.25) is 4.79 Å². The zero-order chi connectivity index (χ0) is 28.0. The number of benzene rings is 1. The molecule has 0 radical (unpaired) electrons. The third-order valence-electron chi connectivity index (χ3n) is 6.55. The lowest BCUT2D eigenvalue weighted by molar-refractivity contribution is 0.0282. The van der Waals surface area contributed by atoms with Crippen LogP contribution in [-0.4, -0.2) is 74.9 Å². The van der Waals surface area contributed by atoms with Crippen LogP contribution in [0.2, 0.25) is 0 Å². The number of thioether (sulfide) groups is 1. The molecule has 39 heavy (non-hydrogen) atoms. The van der Waals surface area contributed by atoms with Gasteiger partial charge in [0, 0.05) is 38.2 Å². The van der Waals surface area contributed by atoms with E-state index in [0.29, 0.717) is 48.7 Å². The van der Waals surface area contributed by atoms with Crippen LogP contribution < -0.4 is 14.4 Å². The molecule has 0 N–H and O–H groups in total. The second kappa shape index (κ2) is 12.7. The summed E-state index contributed by atoms with van der Waals surface area (Å²) in [7, 11) is 5.33. The predicted molar refractivity (Wildman–Crippen MR) is 152 cm³/mol. The SMILES string of the molecule is COc1ccc(CCN(C)c2cc(C(C)(C)C)nc(SCc3ccc(C(=O)N4CCOCC4)o3)n2)cc1OC. The number of methoxy groups -OCH3 is 2. The van der Waals surface area contributed by atoms with Gasteiger partial charge in [-0.2, -0.15) is 0 Å². The highest BCUT2D eigenvalue weighted by Gasteiger charge is 2.22. The van der Waals surface area contributed by atoms with E-state index in [2.05, 4.69) is 37.8 Å². The quantitative estimate of drug-likeness (QED) is 0.258. The van der Waals surface area contributed by atoms with Crippen LogP contribution in [0.5, 0.6) is 11.5 Å². The summed E-state index contributed by atoms with van der Waals surface area (Å²) in [5.74, 6) is 3.80. The third-order valence-corrected chi connectivity index (χ3v) is 7.42. The van der Waals surface area contributed by atoms with Gasteiger partial charge in [0.25, 0.3) is 5.91 Å². The van der Waals surface area contributed by atoms with Crippen molar-refractivity contribution in [1.29, 1.82) is 0 Å². The molecular weight excluding hydrogens is 516 g/mol. The van der Waals surface area contributed by atoms with Crippen molar-refractivity contribution in [2.45, 2.75) is 43.5 Å². The second-order valence-corrected chi connectivity index (χ2v) is 11.4. The molecule has 2 aromatic heterocycles. The molecule has 1 saturated heterocycles. The van der Waals surface area contributed by atoms with Gasteiger partial charge in [0.05, 0.1) is 38.9 Å². The first-order valence-electron chi connectivity index (χ1n) is 13.1. The maximum absolute atomic E-state index is 12.7. The summed E-state index contributed by atoms with van der Waals surface area (Å²) < 4.78 is 22.0. The highest BCUT2D eigenvalue weighted by Crippen LogP contribution is 2.30. The third kappa shape index (κ3) is 7.45. The average molecular weight is 555 g/mol. The van der Waals surface area contributed by atoms with Crippen molar-refractivity contribution in [3.8, 4) is 11.5 Å². The molecule has 0 atom stereocenters. The smallest absolute Gasteiger partial charge is 0.289 e. The van der Waals surface area contributed by atoms with Gasteiger partial charge in [0.15, 0.2) is 22.4 Å². The number of ether oxygens (including phenoxy) is 3. The normalized spacial score (nSPS) is 13.8. The summed E-state index contributed by atoms with van der Waals surface area (Å²) >= 11 is 1.50. The lowest BCUT2D eigenvalue weighted by Gasteiger charge is -2.25. The van der Waals surface area contributed by atoms with Crippen LogP contribution in [0.3, 0.4) is 0 Å². The maximum atomic E-state index is 12.7. The molecule has 3 aromatic rings. The van der Waals surface area contributed by atoms with Crippen molar-refractivity contribution in [2.75, 3.05) is 59.0 Å². The van der Waals surface area contributed by atoms with Gasteiger partial charge >= 0.3 is 0 Å². The Hall–Kier alpha value is -3.24. The predicted octanol–water partition coefficient (Wildman–Crippen LogP) is 4.83. The topological polar surface area (TPSA) is 90.2 Å². The minimum Gasteiger partial charge on any atom is -0.493 e. The summed E-state index contributed by atoms with van der Waals surface area (Å²) in [5, 5.41) is 0.674. The Balaban J connectivity index is 1.44. The van der Waals surface area contributed by atoms with Gasteiger partial charge in [-0.05, 0) is 36.2 Å². The Kier molecular flexibility index (Phi) is 9.40. The number of aromatic nitrogens is 2. The van der Waals surface area contributed by atoms with E-state index in [1.54, 1.807) is 25.2 Å². The Morgan fingerprint density at radius 3 is 2.49 bits per heavy atom. The second-order valence-electron chi connectivity index (χ2n) is 10.5. The molecule has 0 spiro atoms. The number of rotatable bonds is 10. The fourth-order valence-electron chi connectivity index (χ4n) is 4.13. The van der Waals surface area contributed by atoms with Gasteiger partial charge in [0.1, 0.15) is 11.6 Å². The number of hydrogen-bond acceptors (Lipinski definition) is 9. The molecule has 10 heteroatoms. The number of carbonyl (C=O) groups is 1. The van der Waals surface area contributed by atoms with Gasteiger partial charge in [-0.15, -0.1) is 0 Å². The van der Waals surface area contributed by atoms with Crippen LogP contribution >= 0.6 is 11.8 Å². The average Bonchev–Trinajstić information content (AvgIpc) is 3.43. The first-order chi connectivity index (χ1) is 18.7. The van der Waals surface area contributed by atoms with Crippen LogP contribution in [0.4, 0.5) is 5.82 Å². The minimum absolute atomic E-state index is 0.0982. The number of nitrogens with zero attached hydrogens (tertiary/aromatic N) is 4. The van der Waals surface area contributed by atoms with E-state index in [4.69, 9.17) is 28.6 Å². The number of anilines is 1. The number of amides is 1. The molecule has 0 aliphatic carbocycles. The molecule has 1 amide bonds. The molecule has 1 aromatic carbocycles. The van der Waals surface area contributed by atoms with E-state index in [0.717, 1.165) is 41.5 Å². The molecule has 0 bridgehead atoms. The molecule has 1 aliphatic rings. The van der Waals surface area contributed by atoms with Crippen molar-refractivity contribution in [3.63, 3.8) is 0 Å². The monoisotopic (exact) mass is 554 g/mol. The Bertz CT molecular complexity index is 1270. The highest BCUT2D eigenvalue weighted by molar-refractivity contribution is 7.98. The van der Waals surface area contributed by atoms with Gasteiger partial charge < -0.3 is 28.4 Å². The first-order valence-corrected chi connectivity index (χ1v) is 14.1. The van der Waals surface area contributed by atoms with E-state index in [-0.39, 0.29) is 11.3 Å². The highest BCUT2D eigenvalue weighted by atomic mass is 32.2. The Labute approximate surface area is 234 Å². The van der Waals surface area contributed by atoms with Crippen LogP contribution in [-0.2, 0) is 22.3 Å². The van der Waals surface area contributed by atoms with Crippen molar-refractivity contribution in [2.24, 2.45) is 0 Å². The summed E-state index contributed by atoms with van der Waals surface area (Å²) in [6.45, 7) is 9.49. The Morgan fingerprint density at radius 2 is 1.79 bits per heavy atom. The van der Waals surface area contributed by atoms with Gasteiger partial charge in [0.2, 0.25) is 0 Å². The molecule has 0 unspecified atom stereocenters. The molecule has 210 valence electrons. The van der Waals surface area contributed by atoms with Crippen molar-refractivity contribution < 1.29 is 23.4 Å². The molecule has 0 saturated carbocycles. The standard InChI is InChI=1S/C29H38N4O5S/c1-29(2,3)25-18-26(32(4)12-11-20-7-9-22(35-5)24(17-20)36-6)31-28(30-25)39-19-21-8-10-23(38-21)27(34)33-13-15-37-16-14-33/h7-10,17-18H,11-16,19H2,1-6H3. The number of morpholine rings is 1. The molecule has 4 rings (SSSR count).